The van der Waals surface area contributed by atoms with Crippen molar-refractivity contribution in [2.45, 2.75) is 25.3 Å². The van der Waals surface area contributed by atoms with Gasteiger partial charge in [-0.3, -0.25) is 0 Å². The van der Waals surface area contributed by atoms with Gasteiger partial charge in [0.2, 0.25) is 0 Å². The number of hydrogen-bond acceptors (Lipinski definition) is 1. The van der Waals surface area contributed by atoms with Crippen molar-refractivity contribution in [3.8, 4) is 0 Å². The summed E-state index contributed by atoms with van der Waals surface area (Å²) in [4.78, 5) is 0. The van der Waals surface area contributed by atoms with Crippen LogP contribution in [0.4, 0.5) is 0 Å². The van der Waals surface area contributed by atoms with Crippen LogP contribution in [-0.4, -0.2) is 0 Å². The van der Waals surface area contributed by atoms with Crippen molar-refractivity contribution in [2.24, 2.45) is 5.73 Å². The molecule has 1 aliphatic carbocycles. The maximum absolute atomic E-state index is 6.05. The summed E-state index contributed by atoms with van der Waals surface area (Å²) in [5.41, 5.74) is 8.68. The second kappa shape index (κ2) is 3.75. The number of hydrogen-bond donors (Lipinski definition) is 1. The molecule has 0 radical (unpaired) electrons. The van der Waals surface area contributed by atoms with Crippen LogP contribution in [0.2, 0.25) is 5.02 Å². The molecule has 0 fully saturated rings. The van der Waals surface area contributed by atoms with Crippen LogP contribution in [0.15, 0.2) is 12.1 Å². The molecule has 1 atom stereocenters. The molecule has 1 nitrogen and oxygen atoms in total. The van der Waals surface area contributed by atoms with Crippen LogP contribution in [0.25, 0.3) is 0 Å². The van der Waals surface area contributed by atoms with Crippen molar-refractivity contribution in [1.29, 1.82) is 0 Å². The lowest BCUT2D eigenvalue weighted by Crippen LogP contribution is -2.18. The standard InChI is InChI=1S/C10H11ClIN/c11-8-5-4-6-7(10(8)12)2-1-3-9(6)13/h4-5,9H,1-3,13H2/t9-/m0/s1. The van der Waals surface area contributed by atoms with Crippen molar-refractivity contribution < 1.29 is 0 Å². The first-order chi connectivity index (χ1) is 6.20. The van der Waals surface area contributed by atoms with E-state index >= 15 is 0 Å². The fraction of sp³-hybridized carbons (Fsp3) is 0.400. The van der Waals surface area contributed by atoms with Crippen LogP contribution < -0.4 is 5.73 Å². The van der Waals surface area contributed by atoms with Crippen LogP contribution in [0.3, 0.4) is 0 Å². The summed E-state index contributed by atoms with van der Waals surface area (Å²) in [7, 11) is 0. The molecule has 0 heterocycles. The molecule has 0 saturated heterocycles. The van der Waals surface area contributed by atoms with E-state index in [-0.39, 0.29) is 6.04 Å². The topological polar surface area (TPSA) is 26.0 Å². The Morgan fingerprint density at radius 1 is 1.46 bits per heavy atom. The van der Waals surface area contributed by atoms with Crippen molar-refractivity contribution in [3.05, 3.63) is 31.9 Å². The zero-order valence-corrected chi connectivity index (χ0v) is 10.1. The van der Waals surface area contributed by atoms with Gasteiger partial charge in [0, 0.05) is 9.61 Å². The molecule has 13 heavy (non-hydrogen) atoms. The summed E-state index contributed by atoms with van der Waals surface area (Å²) in [5, 5.41) is 0.855. The number of halogens is 2. The van der Waals surface area contributed by atoms with Gasteiger partial charge in [-0.15, -0.1) is 0 Å². The van der Waals surface area contributed by atoms with E-state index in [4.69, 9.17) is 17.3 Å². The van der Waals surface area contributed by atoms with Gasteiger partial charge in [0.05, 0.1) is 5.02 Å². The number of benzene rings is 1. The molecule has 1 aromatic carbocycles. The van der Waals surface area contributed by atoms with E-state index in [0.717, 1.165) is 17.9 Å². The minimum atomic E-state index is 0.217. The van der Waals surface area contributed by atoms with Gasteiger partial charge in [-0.1, -0.05) is 17.7 Å². The number of nitrogens with two attached hydrogens (primary N) is 1. The Morgan fingerprint density at radius 2 is 2.23 bits per heavy atom. The molecule has 0 saturated carbocycles. The van der Waals surface area contributed by atoms with Gasteiger partial charge in [-0.2, -0.15) is 0 Å². The summed E-state index contributed by atoms with van der Waals surface area (Å²) in [6.07, 6.45) is 3.41. The van der Waals surface area contributed by atoms with Crippen molar-refractivity contribution in [3.63, 3.8) is 0 Å². The molecular weight excluding hydrogens is 296 g/mol. The third-order valence-electron chi connectivity index (χ3n) is 2.57. The van der Waals surface area contributed by atoms with Crippen LogP contribution >= 0.6 is 34.2 Å². The van der Waals surface area contributed by atoms with E-state index < -0.39 is 0 Å². The first-order valence-corrected chi connectivity index (χ1v) is 5.88. The van der Waals surface area contributed by atoms with Crippen LogP contribution in [-0.2, 0) is 6.42 Å². The fourth-order valence-corrected chi connectivity index (χ4v) is 2.80. The van der Waals surface area contributed by atoms with E-state index in [0.29, 0.717) is 0 Å². The molecule has 0 unspecified atom stereocenters. The largest absolute Gasteiger partial charge is 0.324 e. The quantitative estimate of drug-likeness (QED) is 0.731. The highest BCUT2D eigenvalue weighted by molar-refractivity contribution is 14.1. The summed E-state index contributed by atoms with van der Waals surface area (Å²) in [5.74, 6) is 0. The molecule has 2 N–H and O–H groups in total. The SMILES string of the molecule is N[C@H]1CCCc2c1ccc(Cl)c2I. The molecule has 1 aliphatic rings. The lowest BCUT2D eigenvalue weighted by atomic mass is 9.88. The molecule has 0 aromatic heterocycles. The van der Waals surface area contributed by atoms with Crippen molar-refractivity contribution in [2.75, 3.05) is 0 Å². The molecule has 3 heteroatoms. The molecule has 2 rings (SSSR count). The normalized spacial score (nSPS) is 21.3. The average molecular weight is 308 g/mol. The summed E-state index contributed by atoms with van der Waals surface area (Å²) in [6.45, 7) is 0. The Labute approximate surface area is 96.8 Å². The third-order valence-corrected chi connectivity index (χ3v) is 4.44. The van der Waals surface area contributed by atoms with Crippen LogP contribution in [0, 0.1) is 3.57 Å². The highest BCUT2D eigenvalue weighted by atomic mass is 127. The maximum Gasteiger partial charge on any atom is 0.0542 e. The smallest absolute Gasteiger partial charge is 0.0542 e. The second-order valence-corrected chi connectivity index (χ2v) is 4.91. The van der Waals surface area contributed by atoms with Gasteiger partial charge < -0.3 is 5.73 Å². The summed E-state index contributed by atoms with van der Waals surface area (Å²) >= 11 is 8.36. The van der Waals surface area contributed by atoms with Crippen molar-refractivity contribution >= 4 is 34.2 Å². The predicted octanol–water partition coefficient (Wildman–Crippen LogP) is 3.28. The first-order valence-electron chi connectivity index (χ1n) is 4.42. The van der Waals surface area contributed by atoms with E-state index in [1.54, 1.807) is 0 Å². The molecule has 0 aliphatic heterocycles. The van der Waals surface area contributed by atoms with E-state index in [1.807, 2.05) is 6.07 Å². The molecular formula is C10H11ClIN. The predicted molar refractivity (Wildman–Crippen MR) is 64.0 cm³/mol. The van der Waals surface area contributed by atoms with Crippen molar-refractivity contribution in [1.82, 2.24) is 0 Å². The molecule has 0 amide bonds. The highest BCUT2D eigenvalue weighted by Crippen LogP contribution is 2.34. The lowest BCUT2D eigenvalue weighted by molar-refractivity contribution is 0.569. The van der Waals surface area contributed by atoms with Gasteiger partial charge in [-0.25, -0.2) is 0 Å². The van der Waals surface area contributed by atoms with Crippen LogP contribution in [0.1, 0.15) is 30.0 Å². The monoisotopic (exact) mass is 307 g/mol. The van der Waals surface area contributed by atoms with Gasteiger partial charge in [0.1, 0.15) is 0 Å². The average Bonchev–Trinajstić information content (AvgIpc) is 2.12. The maximum atomic E-state index is 6.05. The van der Waals surface area contributed by atoms with Gasteiger partial charge in [0.15, 0.2) is 0 Å². The van der Waals surface area contributed by atoms with Gasteiger partial charge >= 0.3 is 0 Å². The lowest BCUT2D eigenvalue weighted by Gasteiger charge is -2.23. The second-order valence-electron chi connectivity index (χ2n) is 3.43. The summed E-state index contributed by atoms with van der Waals surface area (Å²) in [6, 6.07) is 4.24. The van der Waals surface area contributed by atoms with E-state index in [9.17, 15) is 0 Å². The Hall–Kier alpha value is 0.200. The van der Waals surface area contributed by atoms with Gasteiger partial charge in [0.25, 0.3) is 0 Å². The minimum absolute atomic E-state index is 0.217. The Morgan fingerprint density at radius 3 is 3.00 bits per heavy atom. The fourth-order valence-electron chi connectivity index (χ4n) is 1.86. The van der Waals surface area contributed by atoms with E-state index in [2.05, 4.69) is 28.7 Å². The minimum Gasteiger partial charge on any atom is -0.324 e. The highest BCUT2D eigenvalue weighted by Gasteiger charge is 2.19. The zero-order valence-electron chi connectivity index (χ0n) is 7.19. The molecule has 70 valence electrons. The first kappa shape index (κ1) is 9.74. The number of fused-ring (bicyclic) bond motifs is 1. The molecule has 0 spiro atoms. The summed E-state index contributed by atoms with van der Waals surface area (Å²) < 4.78 is 1.19. The zero-order chi connectivity index (χ0) is 9.42. The number of rotatable bonds is 0. The van der Waals surface area contributed by atoms with E-state index in [1.165, 1.54) is 21.1 Å². The third kappa shape index (κ3) is 1.72. The van der Waals surface area contributed by atoms with Crippen LogP contribution in [0.5, 0.6) is 0 Å². The Kier molecular flexibility index (Phi) is 2.81. The molecule has 0 bridgehead atoms. The molecule has 1 aromatic rings. The Balaban J connectivity index is 2.56. The van der Waals surface area contributed by atoms with Gasteiger partial charge in [-0.05, 0) is 59.0 Å². The Bertz CT molecular complexity index is 338.